The first-order valence-corrected chi connectivity index (χ1v) is 9.45. The van der Waals surface area contributed by atoms with Crippen molar-refractivity contribution in [2.75, 3.05) is 19.2 Å². The summed E-state index contributed by atoms with van der Waals surface area (Å²) < 4.78 is 0. The van der Waals surface area contributed by atoms with Crippen LogP contribution in [0.1, 0.15) is 15.9 Å². The number of nitrogens with zero attached hydrogens (tertiary/aromatic N) is 2. The summed E-state index contributed by atoms with van der Waals surface area (Å²) in [4.78, 5) is 21.4. The molecule has 0 atom stereocenters. The fourth-order valence-corrected chi connectivity index (χ4v) is 3.53. The maximum Gasteiger partial charge on any atom is 0.275 e. The number of hydrazine groups is 1. The second-order valence-electron chi connectivity index (χ2n) is 5.68. The summed E-state index contributed by atoms with van der Waals surface area (Å²) in [5, 5.41) is 5.26. The number of halogens is 1. The number of hydrogen-bond donors (Lipinski definition) is 2. The highest BCUT2D eigenvalue weighted by atomic mass is 35.5. The van der Waals surface area contributed by atoms with E-state index in [1.54, 1.807) is 6.07 Å². The molecule has 6 nitrogen and oxygen atoms in total. The van der Waals surface area contributed by atoms with Crippen LogP contribution in [0.2, 0.25) is 5.02 Å². The first-order chi connectivity index (χ1) is 13.1. The average Bonchev–Trinajstić information content (AvgIpc) is 3.17. The molecule has 0 aliphatic heterocycles. The molecule has 0 radical (unpaired) electrons. The third-order valence-electron chi connectivity index (χ3n) is 3.89. The lowest BCUT2D eigenvalue weighted by molar-refractivity contribution is 0.0536. The third-order valence-corrected chi connectivity index (χ3v) is 5.14. The minimum atomic E-state index is -0.284. The maximum absolute atomic E-state index is 12.1. The zero-order valence-corrected chi connectivity index (χ0v) is 16.5. The molecule has 2 aromatic carbocycles. The van der Waals surface area contributed by atoms with Gasteiger partial charge in [-0.3, -0.25) is 14.6 Å². The van der Waals surface area contributed by atoms with Crippen LogP contribution in [0.3, 0.4) is 0 Å². The van der Waals surface area contributed by atoms with E-state index < -0.39 is 0 Å². The molecule has 0 bridgehead atoms. The van der Waals surface area contributed by atoms with Crippen molar-refractivity contribution in [1.29, 1.82) is 0 Å². The van der Waals surface area contributed by atoms with Crippen LogP contribution < -0.4 is 15.9 Å². The van der Waals surface area contributed by atoms with Crippen LogP contribution in [-0.2, 0) is 11.4 Å². The van der Waals surface area contributed by atoms with Crippen molar-refractivity contribution in [2.24, 2.45) is 0 Å². The van der Waals surface area contributed by atoms with Gasteiger partial charge in [0.25, 0.3) is 5.91 Å². The number of anilines is 1. The van der Waals surface area contributed by atoms with E-state index in [2.05, 4.69) is 15.9 Å². The Kier molecular flexibility index (Phi) is 6.41. The highest BCUT2D eigenvalue weighted by Gasteiger charge is 2.13. The summed E-state index contributed by atoms with van der Waals surface area (Å²) in [6, 6.07) is 15.0. The van der Waals surface area contributed by atoms with Crippen LogP contribution in [-0.4, -0.2) is 25.0 Å². The topological polar surface area (TPSA) is 66.5 Å². The van der Waals surface area contributed by atoms with Crippen LogP contribution in [0.25, 0.3) is 11.3 Å². The second kappa shape index (κ2) is 8.96. The minimum Gasteiger partial charge on any atom is -0.286 e. The van der Waals surface area contributed by atoms with Gasteiger partial charge in [0.15, 0.2) is 5.13 Å². The van der Waals surface area contributed by atoms with Gasteiger partial charge in [-0.2, -0.15) is 0 Å². The summed E-state index contributed by atoms with van der Waals surface area (Å²) in [6.07, 6.45) is 0. The Hall–Kier alpha value is -2.45. The Bertz CT molecular complexity index is 931. The molecule has 0 spiro atoms. The number of nitrogens with one attached hydrogen (secondary N) is 2. The van der Waals surface area contributed by atoms with E-state index in [-0.39, 0.29) is 5.91 Å². The van der Waals surface area contributed by atoms with Crippen molar-refractivity contribution >= 4 is 34.0 Å². The third kappa shape index (κ3) is 4.64. The van der Waals surface area contributed by atoms with Crippen LogP contribution >= 0.6 is 22.9 Å². The van der Waals surface area contributed by atoms with Gasteiger partial charge < -0.3 is 0 Å². The Labute approximate surface area is 166 Å². The largest absolute Gasteiger partial charge is 0.286 e. The molecular formula is C19H19ClN4O2S. The smallest absolute Gasteiger partial charge is 0.275 e. The van der Waals surface area contributed by atoms with Crippen LogP contribution in [0.15, 0.2) is 53.9 Å². The van der Waals surface area contributed by atoms with Gasteiger partial charge in [0.05, 0.1) is 12.8 Å². The Morgan fingerprint density at radius 1 is 1.22 bits per heavy atom. The van der Waals surface area contributed by atoms with E-state index in [1.165, 1.54) is 18.4 Å². The van der Waals surface area contributed by atoms with Gasteiger partial charge >= 0.3 is 0 Å². The average molecular weight is 403 g/mol. The minimum absolute atomic E-state index is 0.284. The van der Waals surface area contributed by atoms with Gasteiger partial charge in [-0.1, -0.05) is 48.0 Å². The van der Waals surface area contributed by atoms with Gasteiger partial charge in [-0.15, -0.1) is 11.3 Å². The number of aromatic nitrogens is 1. The molecule has 0 aliphatic carbocycles. The van der Waals surface area contributed by atoms with Crippen molar-refractivity contribution < 1.29 is 9.63 Å². The summed E-state index contributed by atoms with van der Waals surface area (Å²) in [5.41, 5.74) is 8.73. The standard InChI is InChI=1S/C19H19ClN4O2S/c1-24(19-22-17(12-27-19)15-9-5-6-10-16(15)20)21-11-13-7-3-4-8-14(13)18(25)23-26-2/h3-10,12,21H,11H2,1-2H3,(H,23,25). The molecule has 1 heterocycles. The Balaban J connectivity index is 1.70. The molecule has 0 saturated carbocycles. The number of thiazole rings is 1. The van der Waals surface area contributed by atoms with Crippen molar-refractivity contribution in [3.8, 4) is 11.3 Å². The summed E-state index contributed by atoms with van der Waals surface area (Å²) in [7, 11) is 3.29. The fourth-order valence-electron chi connectivity index (χ4n) is 2.53. The van der Waals surface area contributed by atoms with Gasteiger partial charge in [0.2, 0.25) is 0 Å². The molecule has 0 saturated heterocycles. The highest BCUT2D eigenvalue weighted by Crippen LogP contribution is 2.31. The SMILES string of the molecule is CONC(=O)c1ccccc1CNN(C)c1nc(-c2ccccc2Cl)cs1. The van der Waals surface area contributed by atoms with E-state index in [0.29, 0.717) is 17.1 Å². The highest BCUT2D eigenvalue weighted by molar-refractivity contribution is 7.14. The lowest BCUT2D eigenvalue weighted by atomic mass is 10.1. The molecule has 1 amide bonds. The van der Waals surface area contributed by atoms with E-state index >= 15 is 0 Å². The van der Waals surface area contributed by atoms with Crippen molar-refractivity contribution in [3.63, 3.8) is 0 Å². The van der Waals surface area contributed by atoms with Gasteiger partial charge in [-0.25, -0.2) is 15.9 Å². The predicted molar refractivity (Wildman–Crippen MR) is 109 cm³/mol. The summed E-state index contributed by atoms with van der Waals surface area (Å²) in [6.45, 7) is 0.463. The van der Waals surface area contributed by atoms with Crippen molar-refractivity contribution in [3.05, 3.63) is 70.1 Å². The number of hydroxylamine groups is 1. The number of benzene rings is 2. The number of rotatable bonds is 7. The van der Waals surface area contributed by atoms with Crippen LogP contribution in [0, 0.1) is 0 Å². The van der Waals surface area contributed by atoms with E-state index in [1.807, 2.05) is 59.9 Å². The lowest BCUT2D eigenvalue weighted by Gasteiger charge is -2.18. The monoisotopic (exact) mass is 402 g/mol. The first-order valence-electron chi connectivity index (χ1n) is 8.19. The molecule has 0 unspecified atom stereocenters. The molecule has 27 heavy (non-hydrogen) atoms. The zero-order chi connectivity index (χ0) is 19.2. The fraction of sp³-hybridized carbons (Fsp3) is 0.158. The molecule has 2 N–H and O–H groups in total. The second-order valence-corrected chi connectivity index (χ2v) is 6.93. The molecule has 3 aromatic rings. The lowest BCUT2D eigenvalue weighted by Crippen LogP contribution is -2.34. The molecule has 0 fully saturated rings. The quantitative estimate of drug-likeness (QED) is 0.587. The predicted octanol–water partition coefficient (Wildman–Crippen LogP) is 3.90. The van der Waals surface area contributed by atoms with Crippen LogP contribution in [0.4, 0.5) is 5.13 Å². The molecule has 3 rings (SSSR count). The molecule has 8 heteroatoms. The summed E-state index contributed by atoms with van der Waals surface area (Å²) in [5.74, 6) is -0.284. The summed E-state index contributed by atoms with van der Waals surface area (Å²) >= 11 is 7.76. The number of amides is 1. The molecule has 1 aromatic heterocycles. The van der Waals surface area contributed by atoms with Gasteiger partial charge in [0.1, 0.15) is 0 Å². The maximum atomic E-state index is 12.1. The van der Waals surface area contributed by atoms with E-state index in [4.69, 9.17) is 16.4 Å². The van der Waals surface area contributed by atoms with Crippen molar-refractivity contribution in [2.45, 2.75) is 6.54 Å². The number of carbonyl (C=O) groups excluding carboxylic acids is 1. The first kappa shape index (κ1) is 19.3. The van der Waals surface area contributed by atoms with Gasteiger partial charge in [0, 0.05) is 35.1 Å². The van der Waals surface area contributed by atoms with E-state index in [9.17, 15) is 4.79 Å². The molecule has 140 valence electrons. The normalized spacial score (nSPS) is 10.6. The zero-order valence-electron chi connectivity index (χ0n) is 14.9. The number of carbonyl (C=O) groups is 1. The molecular weight excluding hydrogens is 384 g/mol. The van der Waals surface area contributed by atoms with Crippen LogP contribution in [0.5, 0.6) is 0 Å². The van der Waals surface area contributed by atoms with Crippen molar-refractivity contribution in [1.82, 2.24) is 15.9 Å². The Morgan fingerprint density at radius 3 is 2.74 bits per heavy atom. The number of hydrogen-bond acceptors (Lipinski definition) is 6. The van der Waals surface area contributed by atoms with Gasteiger partial charge in [-0.05, 0) is 17.7 Å². The molecule has 0 aliphatic rings. The van der Waals surface area contributed by atoms with E-state index in [0.717, 1.165) is 22.0 Å². The Morgan fingerprint density at radius 2 is 1.96 bits per heavy atom.